The van der Waals surface area contributed by atoms with Gasteiger partial charge in [-0.2, -0.15) is 5.10 Å². The summed E-state index contributed by atoms with van der Waals surface area (Å²) in [5.41, 5.74) is 3.69. The second-order valence-electron chi connectivity index (χ2n) is 8.84. The number of hydrogen-bond acceptors (Lipinski definition) is 4. The number of piperidine rings is 1. The number of fused-ring (bicyclic) bond motifs is 1. The molecule has 0 unspecified atom stereocenters. The lowest BCUT2D eigenvalue weighted by atomic mass is 9.98. The van der Waals surface area contributed by atoms with Gasteiger partial charge in [0.05, 0.1) is 11.7 Å². The van der Waals surface area contributed by atoms with Crippen LogP contribution in [0.25, 0.3) is 5.65 Å². The number of aryl methyl sites for hydroxylation is 1. The Labute approximate surface area is 177 Å². The van der Waals surface area contributed by atoms with Crippen molar-refractivity contribution in [2.45, 2.75) is 45.6 Å². The molecule has 2 atom stereocenters. The van der Waals surface area contributed by atoms with Gasteiger partial charge in [0.1, 0.15) is 5.82 Å². The fourth-order valence-electron chi connectivity index (χ4n) is 4.86. The van der Waals surface area contributed by atoms with Crippen LogP contribution < -0.4 is 4.90 Å². The number of aromatic nitrogens is 3. The highest BCUT2D eigenvalue weighted by Gasteiger charge is 2.31. The van der Waals surface area contributed by atoms with Gasteiger partial charge in [-0.3, -0.25) is 4.79 Å². The first-order valence-electron chi connectivity index (χ1n) is 11.1. The van der Waals surface area contributed by atoms with E-state index in [4.69, 9.17) is 10.1 Å². The van der Waals surface area contributed by atoms with Crippen LogP contribution in [0.5, 0.6) is 0 Å². The molecular weight excluding hydrogens is 374 g/mol. The molecule has 6 nitrogen and oxygen atoms in total. The molecule has 2 saturated heterocycles. The molecule has 0 spiro atoms. The number of amides is 1. The third kappa shape index (κ3) is 3.44. The Morgan fingerprint density at radius 1 is 1.10 bits per heavy atom. The predicted octanol–water partition coefficient (Wildman–Crippen LogP) is 4.25. The molecule has 2 aliphatic heterocycles. The lowest BCUT2D eigenvalue weighted by Gasteiger charge is -2.34. The SMILES string of the molecule is Cc1cn2nc([C@@H]3CCCCN3C(=O)c3ccccc3)cc2nc1N1CC[C@H](C)C1. The summed E-state index contributed by atoms with van der Waals surface area (Å²) in [6, 6.07) is 11.7. The predicted molar refractivity (Wildman–Crippen MR) is 118 cm³/mol. The average molecular weight is 404 g/mol. The van der Waals surface area contributed by atoms with Crippen molar-refractivity contribution < 1.29 is 4.79 Å². The standard InChI is InChI=1S/C24H29N5O/c1-17-11-13-27(15-17)23-18(2)16-29-22(25-23)14-20(26-29)21-10-6-7-12-28(21)24(30)19-8-4-3-5-9-19/h3-5,8-9,14,16-17,21H,6-7,10-13,15H2,1-2H3/t17-,21-/m0/s1. The molecule has 3 aromatic rings. The van der Waals surface area contributed by atoms with Gasteiger partial charge in [0.15, 0.2) is 5.65 Å². The molecule has 0 radical (unpaired) electrons. The third-order valence-corrected chi connectivity index (χ3v) is 6.47. The van der Waals surface area contributed by atoms with Crippen LogP contribution in [0.3, 0.4) is 0 Å². The Morgan fingerprint density at radius 3 is 2.70 bits per heavy atom. The zero-order valence-electron chi connectivity index (χ0n) is 17.8. The van der Waals surface area contributed by atoms with Crippen LogP contribution in [0.1, 0.15) is 60.3 Å². The van der Waals surface area contributed by atoms with Crippen molar-refractivity contribution in [3.8, 4) is 0 Å². The van der Waals surface area contributed by atoms with Crippen molar-refractivity contribution in [3.05, 3.63) is 59.4 Å². The Kier molecular flexibility index (Phi) is 4.93. The summed E-state index contributed by atoms with van der Waals surface area (Å²) in [6.07, 6.45) is 6.39. The molecule has 30 heavy (non-hydrogen) atoms. The molecule has 1 amide bonds. The number of carbonyl (C=O) groups excluding carboxylic acids is 1. The summed E-state index contributed by atoms with van der Waals surface area (Å²) in [5.74, 6) is 1.87. The number of carbonyl (C=O) groups is 1. The van der Waals surface area contributed by atoms with Crippen LogP contribution in [-0.2, 0) is 0 Å². The molecule has 2 aromatic heterocycles. The molecule has 6 heteroatoms. The molecule has 2 aliphatic rings. The number of likely N-dealkylation sites (tertiary alicyclic amines) is 1. The van der Waals surface area contributed by atoms with E-state index in [0.29, 0.717) is 5.92 Å². The molecule has 0 aliphatic carbocycles. The Bertz CT molecular complexity index is 1060. The lowest BCUT2D eigenvalue weighted by Crippen LogP contribution is -2.38. The van der Waals surface area contributed by atoms with Gasteiger partial charge >= 0.3 is 0 Å². The molecule has 5 rings (SSSR count). The zero-order chi connectivity index (χ0) is 20.7. The normalized spacial score (nSPS) is 22.1. The summed E-state index contributed by atoms with van der Waals surface area (Å²) in [7, 11) is 0. The number of rotatable bonds is 3. The van der Waals surface area contributed by atoms with Gasteiger partial charge in [-0.05, 0) is 50.7 Å². The van der Waals surface area contributed by atoms with Gasteiger partial charge in [-0.15, -0.1) is 0 Å². The minimum atomic E-state index is 0.00345. The van der Waals surface area contributed by atoms with E-state index < -0.39 is 0 Å². The molecule has 2 fully saturated rings. The minimum Gasteiger partial charge on any atom is -0.356 e. The third-order valence-electron chi connectivity index (χ3n) is 6.47. The first kappa shape index (κ1) is 19.1. The van der Waals surface area contributed by atoms with Crippen LogP contribution in [0.2, 0.25) is 0 Å². The molecular formula is C24H29N5O. The van der Waals surface area contributed by atoms with Gasteiger partial charge in [-0.25, -0.2) is 9.50 Å². The van der Waals surface area contributed by atoms with E-state index in [9.17, 15) is 4.79 Å². The average Bonchev–Trinajstić information content (AvgIpc) is 3.39. The summed E-state index contributed by atoms with van der Waals surface area (Å²) >= 11 is 0. The zero-order valence-corrected chi connectivity index (χ0v) is 17.8. The Hall–Kier alpha value is -2.89. The van der Waals surface area contributed by atoms with E-state index in [1.165, 1.54) is 6.42 Å². The van der Waals surface area contributed by atoms with Crippen molar-refractivity contribution in [1.82, 2.24) is 19.5 Å². The number of benzene rings is 1. The Morgan fingerprint density at radius 2 is 1.93 bits per heavy atom. The highest BCUT2D eigenvalue weighted by atomic mass is 16.2. The first-order valence-corrected chi connectivity index (χ1v) is 11.1. The van der Waals surface area contributed by atoms with Gasteiger partial charge in [0.25, 0.3) is 5.91 Å². The largest absolute Gasteiger partial charge is 0.356 e. The maximum atomic E-state index is 13.2. The van der Waals surface area contributed by atoms with Gasteiger partial charge in [-0.1, -0.05) is 25.1 Å². The van der Waals surface area contributed by atoms with Crippen molar-refractivity contribution in [2.75, 3.05) is 24.5 Å². The molecule has 0 bridgehead atoms. The van der Waals surface area contributed by atoms with Crippen LogP contribution in [0, 0.1) is 12.8 Å². The molecule has 0 N–H and O–H groups in total. The Balaban J connectivity index is 1.47. The fourth-order valence-corrected chi connectivity index (χ4v) is 4.86. The second-order valence-corrected chi connectivity index (χ2v) is 8.84. The molecule has 156 valence electrons. The quantitative estimate of drug-likeness (QED) is 0.656. The maximum Gasteiger partial charge on any atom is 0.254 e. The summed E-state index contributed by atoms with van der Waals surface area (Å²) in [6.45, 7) is 7.31. The first-order chi connectivity index (χ1) is 14.6. The smallest absolute Gasteiger partial charge is 0.254 e. The van der Waals surface area contributed by atoms with Gasteiger partial charge in [0, 0.05) is 43.0 Å². The van der Waals surface area contributed by atoms with Crippen molar-refractivity contribution >= 4 is 17.4 Å². The monoisotopic (exact) mass is 403 g/mol. The van der Waals surface area contributed by atoms with E-state index in [-0.39, 0.29) is 11.9 Å². The number of nitrogens with zero attached hydrogens (tertiary/aromatic N) is 5. The lowest BCUT2D eigenvalue weighted by molar-refractivity contribution is 0.0605. The van der Waals surface area contributed by atoms with Gasteiger partial charge < -0.3 is 9.80 Å². The van der Waals surface area contributed by atoms with E-state index in [2.05, 4.69) is 31.0 Å². The van der Waals surface area contributed by atoms with Crippen molar-refractivity contribution in [2.24, 2.45) is 5.92 Å². The van der Waals surface area contributed by atoms with Crippen LogP contribution >= 0.6 is 0 Å². The molecule has 0 saturated carbocycles. The van der Waals surface area contributed by atoms with Crippen molar-refractivity contribution in [1.29, 1.82) is 0 Å². The molecule has 4 heterocycles. The van der Waals surface area contributed by atoms with E-state index in [1.54, 1.807) is 0 Å². The van der Waals surface area contributed by atoms with Crippen LogP contribution in [0.4, 0.5) is 5.82 Å². The minimum absolute atomic E-state index is 0.00345. The van der Waals surface area contributed by atoms with Crippen LogP contribution in [-0.4, -0.2) is 45.0 Å². The highest BCUT2D eigenvalue weighted by Crippen LogP contribution is 2.33. The fraction of sp³-hybridized carbons (Fsp3) is 0.458. The van der Waals surface area contributed by atoms with E-state index in [0.717, 1.165) is 67.2 Å². The summed E-state index contributed by atoms with van der Waals surface area (Å²) in [4.78, 5) is 22.5. The molecule has 1 aromatic carbocycles. The van der Waals surface area contributed by atoms with E-state index in [1.807, 2.05) is 39.7 Å². The number of anilines is 1. The summed E-state index contributed by atoms with van der Waals surface area (Å²) in [5, 5.41) is 4.85. The second kappa shape index (κ2) is 7.74. The number of hydrogen-bond donors (Lipinski definition) is 0. The van der Waals surface area contributed by atoms with Crippen molar-refractivity contribution in [3.63, 3.8) is 0 Å². The highest BCUT2D eigenvalue weighted by molar-refractivity contribution is 5.94. The van der Waals surface area contributed by atoms with E-state index >= 15 is 0 Å². The topological polar surface area (TPSA) is 53.7 Å². The maximum absolute atomic E-state index is 13.2. The van der Waals surface area contributed by atoms with Gasteiger partial charge in [0.2, 0.25) is 0 Å². The van der Waals surface area contributed by atoms with Crippen LogP contribution in [0.15, 0.2) is 42.6 Å². The summed E-state index contributed by atoms with van der Waals surface area (Å²) < 4.78 is 1.88.